The molecular weight excluding hydrogens is 358 g/mol. The molecule has 0 unspecified atom stereocenters. The lowest BCUT2D eigenvalue weighted by atomic mass is 10.2. The predicted molar refractivity (Wildman–Crippen MR) is 81.9 cm³/mol. The highest BCUT2D eigenvalue weighted by Crippen LogP contribution is 2.22. The van der Waals surface area contributed by atoms with Crippen molar-refractivity contribution < 1.29 is 12.8 Å². The summed E-state index contributed by atoms with van der Waals surface area (Å²) < 4.78 is 31.6. The maximum absolute atomic E-state index is 12.6. The van der Waals surface area contributed by atoms with Gasteiger partial charge in [0.2, 0.25) is 0 Å². The lowest BCUT2D eigenvalue weighted by molar-refractivity contribution is 0.534. The number of nitrogens with zero attached hydrogens (tertiary/aromatic N) is 1. The molecule has 0 radical (unpaired) electrons. The van der Waals surface area contributed by atoms with E-state index >= 15 is 0 Å². The summed E-state index contributed by atoms with van der Waals surface area (Å²) in [6, 6.07) is 11.0. The van der Waals surface area contributed by atoms with Crippen molar-refractivity contribution in [3.8, 4) is 0 Å². The van der Waals surface area contributed by atoms with E-state index in [0.29, 0.717) is 8.45 Å². The van der Waals surface area contributed by atoms with Gasteiger partial charge in [0.25, 0.3) is 10.0 Å². The van der Waals surface area contributed by atoms with E-state index in [9.17, 15) is 13.2 Å². The lowest BCUT2D eigenvalue weighted by Crippen LogP contribution is -2.23. The number of fused-ring (bicyclic) bond motifs is 1. The quantitative estimate of drug-likeness (QED) is 0.698. The molecule has 7 heteroatoms. The van der Waals surface area contributed by atoms with Crippen molar-refractivity contribution in [3.05, 3.63) is 63.1 Å². The van der Waals surface area contributed by atoms with Gasteiger partial charge in [-0.05, 0) is 37.3 Å². The van der Waals surface area contributed by atoms with E-state index in [4.69, 9.17) is 4.42 Å². The molecule has 0 fully saturated rings. The van der Waals surface area contributed by atoms with Crippen LogP contribution in [0.5, 0.6) is 0 Å². The van der Waals surface area contributed by atoms with Crippen LogP contribution in [0.4, 0.5) is 0 Å². The normalized spacial score (nSPS) is 11.9. The van der Waals surface area contributed by atoms with Crippen LogP contribution in [-0.2, 0) is 10.0 Å². The van der Waals surface area contributed by atoms with E-state index in [1.165, 1.54) is 18.2 Å². The fraction of sp³-hybridized carbons (Fsp3) is 0.0714. The number of aromatic nitrogens is 1. The van der Waals surface area contributed by atoms with Crippen LogP contribution in [0, 0.1) is 6.92 Å². The Hall–Kier alpha value is -1.86. The van der Waals surface area contributed by atoms with Crippen molar-refractivity contribution in [1.29, 1.82) is 0 Å². The number of aryl methyl sites for hydroxylation is 1. The summed E-state index contributed by atoms with van der Waals surface area (Å²) in [6.45, 7) is 1.85. The molecule has 0 bridgehead atoms. The molecule has 1 heterocycles. The summed E-state index contributed by atoms with van der Waals surface area (Å²) in [7, 11) is -3.99. The van der Waals surface area contributed by atoms with E-state index in [1.54, 1.807) is 24.3 Å². The second kappa shape index (κ2) is 4.85. The molecule has 1 aromatic heterocycles. The Morgan fingerprint density at radius 1 is 1.10 bits per heavy atom. The zero-order valence-corrected chi connectivity index (χ0v) is 13.3. The molecule has 3 rings (SSSR count). The summed E-state index contributed by atoms with van der Waals surface area (Å²) in [6.07, 6.45) is 0. The Bertz CT molecular complexity index is 984. The number of oxazole rings is 1. The van der Waals surface area contributed by atoms with Gasteiger partial charge in [-0.2, -0.15) is 3.97 Å². The Morgan fingerprint density at radius 3 is 2.43 bits per heavy atom. The Balaban J connectivity index is 2.31. The van der Waals surface area contributed by atoms with Crippen LogP contribution in [0.3, 0.4) is 0 Å². The van der Waals surface area contributed by atoms with Gasteiger partial charge < -0.3 is 4.42 Å². The van der Waals surface area contributed by atoms with E-state index < -0.39 is 15.8 Å². The summed E-state index contributed by atoms with van der Waals surface area (Å²) in [5.74, 6) is -0.927. The van der Waals surface area contributed by atoms with Crippen LogP contribution < -0.4 is 5.76 Å². The second-order valence-electron chi connectivity index (χ2n) is 4.56. The van der Waals surface area contributed by atoms with Crippen molar-refractivity contribution in [2.75, 3.05) is 0 Å². The van der Waals surface area contributed by atoms with Crippen LogP contribution in [0.25, 0.3) is 11.1 Å². The molecule has 0 aliphatic carbocycles. The first-order valence-corrected chi connectivity index (χ1v) is 8.26. The molecule has 2 aromatic carbocycles. The zero-order chi connectivity index (χ0) is 15.2. The average Bonchev–Trinajstić information content (AvgIpc) is 2.74. The van der Waals surface area contributed by atoms with Gasteiger partial charge in [-0.3, -0.25) is 0 Å². The molecule has 3 aromatic rings. The van der Waals surface area contributed by atoms with Gasteiger partial charge in [0, 0.05) is 4.47 Å². The first-order valence-electron chi connectivity index (χ1n) is 6.03. The highest BCUT2D eigenvalue weighted by Gasteiger charge is 2.24. The second-order valence-corrected chi connectivity index (χ2v) is 7.26. The van der Waals surface area contributed by atoms with Gasteiger partial charge in [0.15, 0.2) is 5.58 Å². The Labute approximate surface area is 129 Å². The predicted octanol–water partition coefficient (Wildman–Crippen LogP) is 2.90. The Morgan fingerprint density at radius 2 is 1.76 bits per heavy atom. The van der Waals surface area contributed by atoms with E-state index in [2.05, 4.69) is 15.9 Å². The largest absolute Gasteiger partial charge is 0.434 e. The molecule has 0 aliphatic heterocycles. The highest BCUT2D eigenvalue weighted by molar-refractivity contribution is 9.10. The molecule has 0 saturated carbocycles. The molecule has 0 amide bonds. The molecule has 21 heavy (non-hydrogen) atoms. The average molecular weight is 368 g/mol. The van der Waals surface area contributed by atoms with Crippen LogP contribution in [-0.4, -0.2) is 12.4 Å². The van der Waals surface area contributed by atoms with Gasteiger partial charge in [-0.25, -0.2) is 13.2 Å². The molecular formula is C14H10BrNO4S. The standard InChI is InChI=1S/C14H10BrNO4S/c1-9-2-5-11(6-3-9)21(18,19)16-12-7-4-10(15)8-13(12)20-14(16)17/h2-8H,1H3. The number of rotatable bonds is 2. The third kappa shape index (κ3) is 2.32. The number of benzene rings is 2. The van der Waals surface area contributed by atoms with Gasteiger partial charge in [0.1, 0.15) is 5.52 Å². The third-order valence-corrected chi connectivity index (χ3v) is 5.25. The first kappa shape index (κ1) is 14.1. The van der Waals surface area contributed by atoms with Gasteiger partial charge >= 0.3 is 5.76 Å². The Kier molecular flexibility index (Phi) is 3.26. The SMILES string of the molecule is Cc1ccc(S(=O)(=O)n2c(=O)oc3cc(Br)ccc32)cc1. The van der Waals surface area contributed by atoms with Crippen molar-refractivity contribution >= 4 is 37.1 Å². The van der Waals surface area contributed by atoms with Crippen molar-refractivity contribution in [2.24, 2.45) is 0 Å². The molecule has 0 spiro atoms. The number of hydrogen-bond acceptors (Lipinski definition) is 4. The van der Waals surface area contributed by atoms with Crippen LogP contribution >= 0.6 is 15.9 Å². The van der Waals surface area contributed by atoms with Gasteiger partial charge in [0.05, 0.1) is 4.90 Å². The molecule has 5 nitrogen and oxygen atoms in total. The minimum Gasteiger partial charge on any atom is -0.407 e. The topological polar surface area (TPSA) is 69.3 Å². The van der Waals surface area contributed by atoms with E-state index in [-0.39, 0.29) is 16.0 Å². The third-order valence-electron chi connectivity index (χ3n) is 3.06. The van der Waals surface area contributed by atoms with Gasteiger partial charge in [-0.15, -0.1) is 0 Å². The van der Waals surface area contributed by atoms with E-state index in [1.807, 2.05) is 6.92 Å². The number of halogens is 1. The smallest absolute Gasteiger partial charge is 0.407 e. The molecule has 0 saturated heterocycles. The van der Waals surface area contributed by atoms with Crippen molar-refractivity contribution in [2.45, 2.75) is 11.8 Å². The molecule has 0 N–H and O–H groups in total. The maximum Gasteiger partial charge on any atom is 0.434 e. The van der Waals surface area contributed by atoms with Gasteiger partial charge in [-0.1, -0.05) is 33.6 Å². The van der Waals surface area contributed by atoms with Crippen molar-refractivity contribution in [1.82, 2.24) is 3.97 Å². The summed E-state index contributed by atoms with van der Waals surface area (Å²) >= 11 is 3.25. The summed E-state index contributed by atoms with van der Waals surface area (Å²) in [5.41, 5.74) is 1.36. The summed E-state index contributed by atoms with van der Waals surface area (Å²) in [4.78, 5) is 12.0. The van der Waals surface area contributed by atoms with Crippen molar-refractivity contribution in [3.63, 3.8) is 0 Å². The van der Waals surface area contributed by atoms with Crippen LogP contribution in [0.15, 0.2) is 61.0 Å². The minimum absolute atomic E-state index is 0.0424. The maximum atomic E-state index is 12.6. The number of hydrogen-bond donors (Lipinski definition) is 0. The minimum atomic E-state index is -3.99. The monoisotopic (exact) mass is 367 g/mol. The van der Waals surface area contributed by atoms with E-state index in [0.717, 1.165) is 5.56 Å². The molecule has 0 aliphatic rings. The zero-order valence-electron chi connectivity index (χ0n) is 10.9. The highest BCUT2D eigenvalue weighted by atomic mass is 79.9. The first-order chi connectivity index (χ1) is 9.89. The fourth-order valence-corrected chi connectivity index (χ4v) is 3.69. The molecule has 108 valence electrons. The molecule has 0 atom stereocenters. The van der Waals surface area contributed by atoms with Crippen LogP contribution in [0.1, 0.15) is 5.56 Å². The summed E-state index contributed by atoms with van der Waals surface area (Å²) in [5, 5.41) is 0. The van der Waals surface area contributed by atoms with Crippen LogP contribution in [0.2, 0.25) is 0 Å². The fourth-order valence-electron chi connectivity index (χ4n) is 2.01. The lowest BCUT2D eigenvalue weighted by Gasteiger charge is -2.05.